The van der Waals surface area contributed by atoms with Crippen molar-refractivity contribution in [1.29, 1.82) is 0 Å². The van der Waals surface area contributed by atoms with Gasteiger partial charge in [0.2, 0.25) is 12.2 Å². The molecule has 0 saturated heterocycles. The number of carbonyl (C=O) groups excluding carboxylic acids is 3. The number of hydrogen-bond acceptors (Lipinski definition) is 7. The van der Waals surface area contributed by atoms with E-state index in [0.717, 1.165) is 19.3 Å². The summed E-state index contributed by atoms with van der Waals surface area (Å²) in [6.45, 7) is 11.7. The first-order valence-corrected chi connectivity index (χ1v) is 8.13. The minimum atomic E-state index is -0.455. The largest absolute Gasteiger partial charge is 0.460 e. The topological polar surface area (TPSA) is 105 Å². The summed E-state index contributed by atoms with van der Waals surface area (Å²) in [5, 5.41) is 8.19. The predicted octanol–water partition coefficient (Wildman–Crippen LogP) is 2.34. The highest BCUT2D eigenvalue weighted by Gasteiger charge is 2.41. The van der Waals surface area contributed by atoms with E-state index in [0.29, 0.717) is 12.1 Å². The highest BCUT2D eigenvalue weighted by molar-refractivity contribution is 5.86. The minimum absolute atomic E-state index is 0.00750. The Hall–Kier alpha value is -2.07. The first-order valence-electron chi connectivity index (χ1n) is 8.13. The van der Waals surface area contributed by atoms with Gasteiger partial charge in [-0.2, -0.15) is 0 Å². The number of ether oxygens (including phenoxy) is 1. The molecule has 1 N–H and O–H groups in total. The molecule has 0 aromatic heterocycles. The zero-order valence-corrected chi connectivity index (χ0v) is 15.5. The number of carbonyl (C=O) groups is 1. The molecule has 0 aliphatic heterocycles. The van der Waals surface area contributed by atoms with Crippen LogP contribution in [-0.2, 0) is 19.1 Å². The molecule has 0 radical (unpaired) electrons. The Kier molecular flexibility index (Phi) is 9.84. The second-order valence-electron chi connectivity index (χ2n) is 7.48. The lowest BCUT2D eigenvalue weighted by Crippen LogP contribution is -2.39. The van der Waals surface area contributed by atoms with Crippen LogP contribution in [0.1, 0.15) is 47.0 Å². The molecule has 1 aliphatic rings. The van der Waals surface area contributed by atoms with Gasteiger partial charge in [-0.25, -0.2) is 24.4 Å². The van der Waals surface area contributed by atoms with Crippen molar-refractivity contribution in [3.8, 4) is 0 Å². The number of rotatable bonds is 6. The maximum Gasteiger partial charge on any atom is 0.333 e. The van der Waals surface area contributed by atoms with Crippen LogP contribution < -0.4 is 0 Å². The van der Waals surface area contributed by atoms with Crippen LogP contribution in [0, 0.1) is 10.8 Å². The van der Waals surface area contributed by atoms with Gasteiger partial charge in [0.25, 0.3) is 0 Å². The highest BCUT2D eigenvalue weighted by Crippen LogP contribution is 2.47. The normalized spacial score (nSPS) is 23.8. The molecule has 1 aliphatic carbocycles. The number of aliphatic hydroxyl groups is 1. The van der Waals surface area contributed by atoms with Crippen molar-refractivity contribution in [1.82, 2.24) is 0 Å². The zero-order chi connectivity index (χ0) is 19.5. The number of aliphatic hydroxyl groups excluding tert-OH is 1. The highest BCUT2D eigenvalue weighted by atomic mass is 16.5. The molecule has 0 aromatic rings. The Labute approximate surface area is 148 Å². The molecule has 1 fully saturated rings. The molecule has 0 bridgehead atoms. The second-order valence-corrected chi connectivity index (χ2v) is 7.48. The van der Waals surface area contributed by atoms with Crippen LogP contribution in [0.4, 0.5) is 0 Å². The number of hydrogen-bond donors (Lipinski definition) is 1. The molecule has 0 spiro atoms. The summed E-state index contributed by atoms with van der Waals surface area (Å²) in [5.41, 5.74) is 0.407. The van der Waals surface area contributed by atoms with Crippen molar-refractivity contribution in [2.24, 2.45) is 20.8 Å². The molecule has 7 nitrogen and oxygen atoms in total. The van der Waals surface area contributed by atoms with E-state index in [9.17, 15) is 14.4 Å². The van der Waals surface area contributed by atoms with Crippen LogP contribution in [0.2, 0.25) is 0 Å². The smallest absolute Gasteiger partial charge is 0.333 e. The van der Waals surface area contributed by atoms with Gasteiger partial charge in [0, 0.05) is 5.57 Å². The third-order valence-corrected chi connectivity index (χ3v) is 3.86. The fourth-order valence-corrected chi connectivity index (χ4v) is 3.35. The molecule has 0 amide bonds. The summed E-state index contributed by atoms with van der Waals surface area (Å²) in [5.74, 6) is -0.455. The third kappa shape index (κ3) is 9.72. The van der Waals surface area contributed by atoms with Crippen molar-refractivity contribution < 1.29 is 24.2 Å². The average Bonchev–Trinajstić information content (AvgIpc) is 2.49. The van der Waals surface area contributed by atoms with E-state index in [2.05, 4.69) is 42.1 Å². The van der Waals surface area contributed by atoms with Crippen molar-refractivity contribution in [3.63, 3.8) is 0 Å². The Morgan fingerprint density at radius 3 is 2.40 bits per heavy atom. The van der Waals surface area contributed by atoms with Gasteiger partial charge in [-0.15, -0.1) is 0 Å². The molecular weight excluding hydrogens is 324 g/mol. The fraction of sp³-hybridized carbons (Fsp3) is 0.722. The van der Waals surface area contributed by atoms with Gasteiger partial charge in [0.1, 0.15) is 6.61 Å². The molecule has 140 valence electrons. The van der Waals surface area contributed by atoms with E-state index < -0.39 is 5.97 Å². The fourth-order valence-electron chi connectivity index (χ4n) is 3.35. The van der Waals surface area contributed by atoms with Gasteiger partial charge in [0.15, 0.2) is 0 Å². The van der Waals surface area contributed by atoms with E-state index in [-0.39, 0.29) is 30.1 Å². The quantitative estimate of drug-likeness (QED) is 0.342. The van der Waals surface area contributed by atoms with Crippen molar-refractivity contribution >= 4 is 18.1 Å². The molecule has 1 rings (SSSR count). The molecule has 25 heavy (non-hydrogen) atoms. The summed E-state index contributed by atoms with van der Waals surface area (Å²) in [6, 6.07) is 0.00750. The van der Waals surface area contributed by atoms with Gasteiger partial charge in [0.05, 0.1) is 19.2 Å². The van der Waals surface area contributed by atoms with Crippen LogP contribution >= 0.6 is 0 Å². The van der Waals surface area contributed by atoms with Crippen molar-refractivity contribution in [3.05, 3.63) is 12.2 Å². The van der Waals surface area contributed by atoms with Gasteiger partial charge < -0.3 is 9.84 Å². The van der Waals surface area contributed by atoms with Gasteiger partial charge >= 0.3 is 5.97 Å². The molecule has 7 heteroatoms. The monoisotopic (exact) mass is 352 g/mol. The van der Waals surface area contributed by atoms with E-state index in [4.69, 9.17) is 5.11 Å². The van der Waals surface area contributed by atoms with Gasteiger partial charge in [-0.3, -0.25) is 0 Å². The lowest BCUT2D eigenvalue weighted by Gasteiger charge is -2.44. The maximum atomic E-state index is 10.5. The number of esters is 1. The molecule has 0 heterocycles. The number of nitrogens with zero attached hydrogens (tertiary/aromatic N) is 2. The van der Waals surface area contributed by atoms with Gasteiger partial charge in [-0.05, 0) is 37.0 Å². The Balaban J connectivity index is 0.000000547. The van der Waals surface area contributed by atoms with Crippen LogP contribution in [0.25, 0.3) is 0 Å². The van der Waals surface area contributed by atoms with Crippen LogP contribution in [0.15, 0.2) is 22.1 Å². The van der Waals surface area contributed by atoms with E-state index in [1.165, 1.54) is 0 Å². The first kappa shape index (κ1) is 22.9. The summed E-state index contributed by atoms with van der Waals surface area (Å²) in [6.07, 6.45) is 5.88. The average molecular weight is 352 g/mol. The molecule has 1 saturated carbocycles. The Morgan fingerprint density at radius 2 is 1.92 bits per heavy atom. The summed E-state index contributed by atoms with van der Waals surface area (Å²) < 4.78 is 4.46. The summed E-state index contributed by atoms with van der Waals surface area (Å²) in [4.78, 5) is 38.5. The molecular formula is C18H28N2O5. The molecule has 2 atom stereocenters. The van der Waals surface area contributed by atoms with Crippen LogP contribution in [0.3, 0.4) is 0 Å². The predicted molar refractivity (Wildman–Crippen MR) is 93.5 cm³/mol. The Bertz CT molecular complexity index is 560. The summed E-state index contributed by atoms with van der Waals surface area (Å²) >= 11 is 0. The van der Waals surface area contributed by atoms with Crippen molar-refractivity contribution in [2.45, 2.75) is 53.0 Å². The Morgan fingerprint density at radius 1 is 1.28 bits per heavy atom. The standard InChI is InChI=1S/C12H18N2O2.C6H10O3/c1-11(2)4-10(14-9-16)5-12(3,6-11)7-13-8-15;1-5(2)6(8)9-4-3-7/h10H,4-7H2,1-3H3;7H,1,3-4H2,2H3. The maximum absolute atomic E-state index is 10.5. The molecule has 2 unspecified atom stereocenters. The van der Waals surface area contributed by atoms with Crippen LogP contribution in [0.5, 0.6) is 0 Å². The van der Waals surface area contributed by atoms with Crippen molar-refractivity contribution in [2.75, 3.05) is 19.8 Å². The number of aliphatic imine (C=N–C) groups is 2. The lowest BCUT2D eigenvalue weighted by molar-refractivity contribution is -0.139. The second kappa shape index (κ2) is 10.7. The van der Waals surface area contributed by atoms with E-state index >= 15 is 0 Å². The lowest BCUT2D eigenvalue weighted by atomic mass is 9.63. The molecule has 0 aromatic carbocycles. The minimum Gasteiger partial charge on any atom is -0.460 e. The zero-order valence-electron chi connectivity index (χ0n) is 15.5. The van der Waals surface area contributed by atoms with Gasteiger partial charge in [-0.1, -0.05) is 27.4 Å². The SMILES string of the molecule is C=C(C)C(=O)OCCO.CC1(C)CC(N=C=O)CC(C)(CN=C=O)C1. The van der Waals surface area contributed by atoms with E-state index in [1.807, 2.05) is 0 Å². The number of isocyanates is 2. The third-order valence-electron chi connectivity index (χ3n) is 3.86. The summed E-state index contributed by atoms with van der Waals surface area (Å²) in [7, 11) is 0. The van der Waals surface area contributed by atoms with Crippen LogP contribution in [-0.4, -0.2) is 49.0 Å². The first-order chi connectivity index (χ1) is 11.6. The van der Waals surface area contributed by atoms with E-state index in [1.54, 1.807) is 19.1 Å².